The molecule has 0 unspecified atom stereocenters. The van der Waals surface area contributed by atoms with Crippen LogP contribution in [0.3, 0.4) is 0 Å². The van der Waals surface area contributed by atoms with Crippen LogP contribution in [-0.4, -0.2) is 21.2 Å². The third kappa shape index (κ3) is 4.21. The largest absolute Gasteiger partial charge is 0.337 e. The predicted octanol–water partition coefficient (Wildman–Crippen LogP) is 4.14. The fourth-order valence-electron chi connectivity index (χ4n) is 3.76. The van der Waals surface area contributed by atoms with Gasteiger partial charge in [0.2, 0.25) is 11.3 Å². The van der Waals surface area contributed by atoms with Gasteiger partial charge in [0, 0.05) is 35.2 Å². The molecule has 0 spiro atoms. The Kier molecular flexibility index (Phi) is 5.94. The van der Waals surface area contributed by atoms with Crippen LogP contribution < -0.4 is 10.7 Å². The fraction of sp³-hybridized carbons (Fsp3) is 0.154. The molecule has 0 aliphatic carbocycles. The average Bonchev–Trinajstić information content (AvgIpc) is 2.81. The van der Waals surface area contributed by atoms with Crippen LogP contribution in [0.4, 0.5) is 5.69 Å². The van der Waals surface area contributed by atoms with Crippen molar-refractivity contribution in [1.29, 1.82) is 0 Å². The van der Waals surface area contributed by atoms with E-state index < -0.39 is 5.78 Å². The van der Waals surface area contributed by atoms with Crippen molar-refractivity contribution in [2.45, 2.75) is 26.8 Å². The van der Waals surface area contributed by atoms with Crippen molar-refractivity contribution in [1.82, 2.24) is 9.55 Å². The molecule has 6 heteroatoms. The maximum absolute atomic E-state index is 13.2. The van der Waals surface area contributed by atoms with Crippen LogP contribution in [0.5, 0.6) is 0 Å². The monoisotopic (exact) mass is 425 g/mol. The normalized spacial score (nSPS) is 10.8. The molecule has 2 aromatic carbocycles. The lowest BCUT2D eigenvalue weighted by Gasteiger charge is -2.15. The van der Waals surface area contributed by atoms with E-state index in [4.69, 9.17) is 0 Å². The number of amides is 1. The van der Waals surface area contributed by atoms with Crippen molar-refractivity contribution in [3.63, 3.8) is 0 Å². The number of fused-ring (bicyclic) bond motifs is 1. The minimum Gasteiger partial charge on any atom is -0.337 e. The number of hydrogen-bond donors (Lipinski definition) is 1. The van der Waals surface area contributed by atoms with E-state index in [9.17, 15) is 14.4 Å². The molecule has 1 amide bonds. The molecule has 6 nitrogen and oxygen atoms in total. The summed E-state index contributed by atoms with van der Waals surface area (Å²) in [7, 11) is 0. The molecule has 2 aromatic heterocycles. The minimum absolute atomic E-state index is 0.0241. The predicted molar refractivity (Wildman–Crippen MR) is 125 cm³/mol. The first kappa shape index (κ1) is 21.2. The number of carbonyl (C=O) groups is 2. The van der Waals surface area contributed by atoms with E-state index in [0.717, 1.165) is 23.2 Å². The summed E-state index contributed by atoms with van der Waals surface area (Å²) in [6.07, 6.45) is 5.29. The number of nitrogens with one attached hydrogen (secondary N) is 1. The van der Waals surface area contributed by atoms with E-state index in [1.54, 1.807) is 28.8 Å². The molecule has 160 valence electrons. The van der Waals surface area contributed by atoms with Gasteiger partial charge in [0.05, 0.1) is 11.1 Å². The molecule has 0 bridgehead atoms. The number of anilines is 1. The summed E-state index contributed by atoms with van der Waals surface area (Å²) in [6.45, 7) is 3.88. The van der Waals surface area contributed by atoms with Gasteiger partial charge in [-0.25, -0.2) is 0 Å². The second-order valence-electron chi connectivity index (χ2n) is 7.64. The van der Waals surface area contributed by atoms with Crippen LogP contribution in [0.25, 0.3) is 10.9 Å². The quantitative estimate of drug-likeness (QED) is 0.471. The third-order valence-electron chi connectivity index (χ3n) is 5.41. The van der Waals surface area contributed by atoms with Gasteiger partial charge in [-0.15, -0.1) is 0 Å². The number of rotatable bonds is 6. The molecule has 2 heterocycles. The van der Waals surface area contributed by atoms with Gasteiger partial charge >= 0.3 is 0 Å². The Hall–Kier alpha value is -4.06. The molecule has 0 fully saturated rings. The molecule has 0 aliphatic heterocycles. The highest BCUT2D eigenvalue weighted by Crippen LogP contribution is 2.18. The second kappa shape index (κ2) is 8.98. The summed E-state index contributed by atoms with van der Waals surface area (Å²) in [4.78, 5) is 43.0. The van der Waals surface area contributed by atoms with Crippen molar-refractivity contribution in [2.75, 3.05) is 5.32 Å². The Bertz CT molecular complexity index is 1370. The maximum atomic E-state index is 13.2. The summed E-state index contributed by atoms with van der Waals surface area (Å²) in [6, 6.07) is 16.2. The molecule has 0 radical (unpaired) electrons. The van der Waals surface area contributed by atoms with Crippen LogP contribution in [-0.2, 0) is 17.8 Å². The molecule has 4 rings (SSSR count). The molecule has 32 heavy (non-hydrogen) atoms. The van der Waals surface area contributed by atoms with Gasteiger partial charge in [-0.05, 0) is 49.2 Å². The van der Waals surface area contributed by atoms with Crippen LogP contribution in [0, 0.1) is 6.92 Å². The molecule has 4 aromatic rings. The van der Waals surface area contributed by atoms with E-state index in [0.29, 0.717) is 16.5 Å². The van der Waals surface area contributed by atoms with Gasteiger partial charge in [0.25, 0.3) is 0 Å². The minimum atomic E-state index is -0.397. The van der Waals surface area contributed by atoms with Crippen molar-refractivity contribution in [3.05, 3.63) is 106 Å². The van der Waals surface area contributed by atoms with Crippen molar-refractivity contribution in [3.8, 4) is 0 Å². The second-order valence-corrected chi connectivity index (χ2v) is 7.64. The number of para-hydroxylation sites is 1. The van der Waals surface area contributed by atoms with Crippen LogP contribution in [0.1, 0.15) is 34.0 Å². The highest BCUT2D eigenvalue weighted by Gasteiger charge is 2.18. The lowest BCUT2D eigenvalue weighted by atomic mass is 10.0. The molecular weight excluding hydrogens is 402 g/mol. The topological polar surface area (TPSA) is 81.1 Å². The van der Waals surface area contributed by atoms with E-state index in [-0.39, 0.29) is 23.4 Å². The maximum Gasteiger partial charge on any atom is 0.244 e. The molecule has 0 atom stereocenters. The number of carbonyl (C=O) groups excluding carboxylic acids is 2. The van der Waals surface area contributed by atoms with Crippen molar-refractivity contribution < 1.29 is 9.59 Å². The number of benzene rings is 2. The number of aromatic nitrogens is 2. The average molecular weight is 425 g/mol. The summed E-state index contributed by atoms with van der Waals surface area (Å²) < 4.78 is 1.66. The van der Waals surface area contributed by atoms with Gasteiger partial charge in [-0.1, -0.05) is 36.8 Å². The van der Waals surface area contributed by atoms with E-state index in [1.165, 1.54) is 18.6 Å². The standard InChI is InChI=1S/C26H23N3O3/c1-3-18-6-4-5-7-22(18)28-24(30)16-29-15-21(25(31)19-10-12-27-13-11-19)26(32)20-14-17(2)8-9-23(20)29/h4-15H,3,16H2,1-2H3,(H,28,30). The number of ketones is 1. The smallest absolute Gasteiger partial charge is 0.244 e. The van der Waals surface area contributed by atoms with Gasteiger partial charge in [0.15, 0.2) is 5.78 Å². The summed E-state index contributed by atoms with van der Waals surface area (Å²) in [5, 5.41) is 3.36. The molecular formula is C26H23N3O3. The number of pyridine rings is 2. The number of nitrogens with zero attached hydrogens (tertiary/aromatic N) is 2. The van der Waals surface area contributed by atoms with Crippen molar-refractivity contribution in [2.24, 2.45) is 0 Å². The zero-order valence-corrected chi connectivity index (χ0v) is 18.0. The Morgan fingerprint density at radius 2 is 1.78 bits per heavy atom. The van der Waals surface area contributed by atoms with Gasteiger partial charge in [0.1, 0.15) is 6.54 Å². The number of aryl methyl sites for hydroxylation is 2. The Morgan fingerprint density at radius 1 is 1.03 bits per heavy atom. The zero-order valence-electron chi connectivity index (χ0n) is 18.0. The fourth-order valence-corrected chi connectivity index (χ4v) is 3.76. The third-order valence-corrected chi connectivity index (χ3v) is 5.41. The van der Waals surface area contributed by atoms with Crippen LogP contribution in [0.2, 0.25) is 0 Å². The lowest BCUT2D eigenvalue weighted by Crippen LogP contribution is -2.24. The van der Waals surface area contributed by atoms with E-state index >= 15 is 0 Å². The number of hydrogen-bond acceptors (Lipinski definition) is 4. The van der Waals surface area contributed by atoms with Gasteiger partial charge < -0.3 is 9.88 Å². The first-order valence-corrected chi connectivity index (χ1v) is 10.4. The Morgan fingerprint density at radius 3 is 2.53 bits per heavy atom. The zero-order chi connectivity index (χ0) is 22.7. The molecule has 0 saturated carbocycles. The first-order valence-electron chi connectivity index (χ1n) is 10.4. The Labute approximate surface area is 185 Å². The highest BCUT2D eigenvalue weighted by atomic mass is 16.2. The molecule has 1 N–H and O–H groups in total. The first-order chi connectivity index (χ1) is 15.5. The molecule has 0 saturated heterocycles. The Balaban J connectivity index is 1.76. The summed E-state index contributed by atoms with van der Waals surface area (Å²) >= 11 is 0. The lowest BCUT2D eigenvalue weighted by molar-refractivity contribution is -0.116. The summed E-state index contributed by atoms with van der Waals surface area (Å²) in [5.41, 5.74) is 3.34. The van der Waals surface area contributed by atoms with Gasteiger partial charge in [-0.2, -0.15) is 0 Å². The van der Waals surface area contributed by atoms with Gasteiger partial charge in [-0.3, -0.25) is 19.4 Å². The van der Waals surface area contributed by atoms with Crippen LogP contribution >= 0.6 is 0 Å². The van der Waals surface area contributed by atoms with E-state index in [1.807, 2.05) is 44.2 Å². The highest BCUT2D eigenvalue weighted by molar-refractivity contribution is 6.10. The van der Waals surface area contributed by atoms with E-state index in [2.05, 4.69) is 10.3 Å². The summed E-state index contributed by atoms with van der Waals surface area (Å²) in [5.74, 6) is -0.634. The van der Waals surface area contributed by atoms with Crippen LogP contribution in [0.15, 0.2) is 78.0 Å². The van der Waals surface area contributed by atoms with Crippen molar-refractivity contribution >= 4 is 28.3 Å². The SMILES string of the molecule is CCc1ccccc1NC(=O)Cn1cc(C(=O)c2ccncc2)c(=O)c2cc(C)ccc21. The molecule has 0 aliphatic rings.